The predicted octanol–water partition coefficient (Wildman–Crippen LogP) is 1.22. The van der Waals surface area contributed by atoms with Crippen LogP contribution in [0.15, 0.2) is 4.91 Å². The molecule has 3 heteroatoms. The molecule has 1 rings (SSSR count). The van der Waals surface area contributed by atoms with E-state index in [0.29, 0.717) is 6.61 Å². The standard InChI is InChI=1S/C2H3NOP/c1-2-5-3-4-1/h2H,1H2. The van der Waals surface area contributed by atoms with Crippen molar-refractivity contribution in [1.82, 2.24) is 0 Å². The van der Waals surface area contributed by atoms with E-state index in [9.17, 15) is 0 Å². The number of hydrogen-bond donors (Lipinski definition) is 0. The summed E-state index contributed by atoms with van der Waals surface area (Å²) < 4.78 is 0. The fourth-order valence-electron chi connectivity index (χ4n) is 0.167. The van der Waals surface area contributed by atoms with Gasteiger partial charge >= 0.3 is 0 Å². The minimum atomic E-state index is 0.696. The van der Waals surface area contributed by atoms with Crippen molar-refractivity contribution in [2.75, 3.05) is 6.61 Å². The van der Waals surface area contributed by atoms with Crippen LogP contribution in [-0.2, 0) is 4.84 Å². The first kappa shape index (κ1) is 3.26. The number of rotatable bonds is 0. The maximum Gasteiger partial charge on any atom is 0.0904 e. The van der Waals surface area contributed by atoms with Gasteiger partial charge in [0.2, 0.25) is 0 Å². The summed E-state index contributed by atoms with van der Waals surface area (Å²) in [4.78, 5) is 8.00. The van der Waals surface area contributed by atoms with Crippen LogP contribution in [0.1, 0.15) is 0 Å². The lowest BCUT2D eigenvalue weighted by atomic mass is 10.9. The molecule has 0 atom stereocenters. The smallest absolute Gasteiger partial charge is 0.0904 e. The van der Waals surface area contributed by atoms with E-state index >= 15 is 0 Å². The molecule has 1 radical (unpaired) electrons. The lowest BCUT2D eigenvalue weighted by molar-refractivity contribution is 0.188. The first-order valence-corrected chi connectivity index (χ1v) is 2.25. The van der Waals surface area contributed by atoms with Gasteiger partial charge in [0.25, 0.3) is 0 Å². The van der Waals surface area contributed by atoms with Gasteiger partial charge in [-0.25, -0.2) is 4.84 Å². The molecule has 1 aliphatic heterocycles. The Labute approximate surface area is 32.0 Å². The van der Waals surface area contributed by atoms with Crippen LogP contribution in [0.4, 0.5) is 0 Å². The maximum absolute atomic E-state index is 4.50. The van der Waals surface area contributed by atoms with Crippen molar-refractivity contribution >= 4 is 8.37 Å². The van der Waals surface area contributed by atoms with E-state index in [1.807, 2.05) is 6.16 Å². The Morgan fingerprint density at radius 1 is 2.00 bits per heavy atom. The van der Waals surface area contributed by atoms with E-state index in [1.165, 1.54) is 0 Å². The Hall–Kier alpha value is 0.0600. The monoisotopic (exact) mass is 88.0 g/mol. The second kappa shape index (κ2) is 1.48. The molecule has 0 aromatic rings. The van der Waals surface area contributed by atoms with Crippen LogP contribution in [0, 0.1) is 6.16 Å². The summed E-state index contributed by atoms with van der Waals surface area (Å²) in [5.41, 5.74) is 0. The van der Waals surface area contributed by atoms with Gasteiger partial charge in [0, 0.05) is 8.37 Å². The second-order valence-electron chi connectivity index (χ2n) is 0.675. The van der Waals surface area contributed by atoms with Crippen molar-refractivity contribution < 1.29 is 4.84 Å². The molecule has 27 valence electrons. The summed E-state index contributed by atoms with van der Waals surface area (Å²) in [5.74, 6) is 0. The first-order valence-electron chi connectivity index (χ1n) is 1.34. The zero-order chi connectivity index (χ0) is 3.54. The van der Waals surface area contributed by atoms with Crippen LogP contribution >= 0.6 is 8.37 Å². The SMILES string of the molecule is [CH]1CON=P1. The van der Waals surface area contributed by atoms with Gasteiger partial charge in [-0.15, -0.1) is 4.91 Å². The third-order valence-corrected chi connectivity index (χ3v) is 0.858. The molecule has 0 spiro atoms. The summed E-state index contributed by atoms with van der Waals surface area (Å²) in [6, 6.07) is 0. The molecule has 0 aromatic heterocycles. The van der Waals surface area contributed by atoms with E-state index < -0.39 is 0 Å². The highest BCUT2D eigenvalue weighted by Crippen LogP contribution is 2.11. The largest absolute Gasteiger partial charge is 0.248 e. The summed E-state index contributed by atoms with van der Waals surface area (Å²) >= 11 is 0. The average molecular weight is 88.0 g/mol. The van der Waals surface area contributed by atoms with E-state index in [1.54, 1.807) is 0 Å². The minimum absolute atomic E-state index is 0.696. The quantitative estimate of drug-likeness (QED) is 0.408. The second-order valence-corrected chi connectivity index (χ2v) is 1.43. The fourth-order valence-corrected chi connectivity index (χ4v) is 0.500. The Balaban J connectivity index is 2.32. The summed E-state index contributed by atoms with van der Waals surface area (Å²) in [5, 5.41) is 0. The molecule has 0 unspecified atom stereocenters. The molecule has 0 aromatic carbocycles. The lowest BCUT2D eigenvalue weighted by Gasteiger charge is -1.70. The zero-order valence-corrected chi connectivity index (χ0v) is 3.48. The van der Waals surface area contributed by atoms with Crippen molar-refractivity contribution in [2.45, 2.75) is 0 Å². The normalized spacial score (nSPS) is 24.0. The first-order chi connectivity index (χ1) is 2.50. The minimum Gasteiger partial charge on any atom is -0.248 e. The fraction of sp³-hybridized carbons (Fsp3) is 0.500. The topological polar surface area (TPSA) is 21.6 Å². The van der Waals surface area contributed by atoms with Gasteiger partial charge in [0.1, 0.15) is 0 Å². The molecular weight excluding hydrogens is 85.0 g/mol. The van der Waals surface area contributed by atoms with E-state index in [4.69, 9.17) is 0 Å². The molecule has 0 amide bonds. The predicted molar refractivity (Wildman–Crippen MR) is 19.6 cm³/mol. The Kier molecular flexibility index (Phi) is 0.967. The van der Waals surface area contributed by atoms with Gasteiger partial charge in [-0.3, -0.25) is 0 Å². The molecule has 0 aliphatic carbocycles. The number of hydrogen-bond acceptors (Lipinski definition) is 2. The molecular formula is C2H3NOP. The molecule has 5 heavy (non-hydrogen) atoms. The molecule has 0 N–H and O–H groups in total. The van der Waals surface area contributed by atoms with Gasteiger partial charge in [0.15, 0.2) is 0 Å². The Morgan fingerprint density at radius 3 is 3.20 bits per heavy atom. The van der Waals surface area contributed by atoms with E-state index in [0.717, 1.165) is 8.37 Å². The van der Waals surface area contributed by atoms with Crippen molar-refractivity contribution in [2.24, 2.45) is 4.91 Å². The van der Waals surface area contributed by atoms with Crippen molar-refractivity contribution in [1.29, 1.82) is 0 Å². The summed E-state index contributed by atoms with van der Waals surface area (Å²) in [7, 11) is 0.969. The third kappa shape index (κ3) is 0.673. The molecule has 0 bridgehead atoms. The highest BCUT2D eigenvalue weighted by Gasteiger charge is 1.88. The number of nitrogens with zero attached hydrogens (tertiary/aromatic N) is 1. The summed E-state index contributed by atoms with van der Waals surface area (Å²) in [6.07, 6.45) is 1.94. The van der Waals surface area contributed by atoms with Crippen molar-refractivity contribution in [3.63, 3.8) is 0 Å². The Bertz CT molecular complexity index is 47.6. The average Bonchev–Trinajstić information content (AvgIpc) is 1.76. The van der Waals surface area contributed by atoms with Crippen LogP contribution in [0.3, 0.4) is 0 Å². The van der Waals surface area contributed by atoms with Gasteiger partial charge in [0.05, 0.1) is 12.8 Å². The van der Waals surface area contributed by atoms with E-state index in [-0.39, 0.29) is 0 Å². The molecule has 1 heterocycles. The van der Waals surface area contributed by atoms with Crippen LogP contribution in [-0.4, -0.2) is 6.61 Å². The highest BCUT2D eigenvalue weighted by molar-refractivity contribution is 7.29. The van der Waals surface area contributed by atoms with Crippen LogP contribution in [0.2, 0.25) is 0 Å². The van der Waals surface area contributed by atoms with Crippen LogP contribution < -0.4 is 0 Å². The van der Waals surface area contributed by atoms with Crippen LogP contribution in [0.5, 0.6) is 0 Å². The zero-order valence-electron chi connectivity index (χ0n) is 2.59. The maximum atomic E-state index is 4.50. The van der Waals surface area contributed by atoms with E-state index in [2.05, 4.69) is 9.75 Å². The molecule has 0 saturated heterocycles. The third-order valence-electron chi connectivity index (χ3n) is 0.336. The molecule has 0 saturated carbocycles. The van der Waals surface area contributed by atoms with Gasteiger partial charge in [-0.2, -0.15) is 0 Å². The van der Waals surface area contributed by atoms with Crippen molar-refractivity contribution in [3.05, 3.63) is 6.16 Å². The van der Waals surface area contributed by atoms with Gasteiger partial charge < -0.3 is 0 Å². The van der Waals surface area contributed by atoms with Gasteiger partial charge in [-0.05, 0) is 0 Å². The highest BCUT2D eigenvalue weighted by atomic mass is 31.1. The lowest BCUT2D eigenvalue weighted by Crippen LogP contribution is -1.70. The molecule has 2 nitrogen and oxygen atoms in total. The van der Waals surface area contributed by atoms with Crippen LogP contribution in [0.25, 0.3) is 0 Å². The molecule has 1 aliphatic rings. The van der Waals surface area contributed by atoms with Gasteiger partial charge in [-0.1, -0.05) is 0 Å². The van der Waals surface area contributed by atoms with Crippen molar-refractivity contribution in [3.8, 4) is 0 Å². The molecule has 0 fully saturated rings. The summed E-state index contributed by atoms with van der Waals surface area (Å²) in [6.45, 7) is 0.696. The Morgan fingerprint density at radius 2 is 3.00 bits per heavy atom.